The average molecular weight is 266 g/mol. The Bertz CT molecular complexity index is 692. The lowest BCUT2D eigenvalue weighted by Gasteiger charge is -2.37. The van der Waals surface area contributed by atoms with Crippen molar-refractivity contribution in [3.8, 4) is 0 Å². The zero-order chi connectivity index (χ0) is 13.5. The Labute approximate surface area is 118 Å². The summed E-state index contributed by atoms with van der Waals surface area (Å²) in [4.78, 5) is 9.37. The van der Waals surface area contributed by atoms with Crippen LogP contribution in [-0.2, 0) is 0 Å². The first-order valence-corrected chi connectivity index (χ1v) is 7.14. The van der Waals surface area contributed by atoms with E-state index in [9.17, 15) is 0 Å². The van der Waals surface area contributed by atoms with Crippen LogP contribution in [0.25, 0.3) is 10.9 Å². The molecule has 2 aliphatic heterocycles. The van der Waals surface area contributed by atoms with Crippen molar-refractivity contribution >= 4 is 22.3 Å². The van der Waals surface area contributed by atoms with Gasteiger partial charge in [0.2, 0.25) is 0 Å². The molecule has 1 fully saturated rings. The van der Waals surface area contributed by atoms with Gasteiger partial charge < -0.3 is 15.5 Å². The average Bonchev–Trinajstić information content (AvgIpc) is 2.94. The van der Waals surface area contributed by atoms with Crippen molar-refractivity contribution in [2.75, 3.05) is 36.8 Å². The van der Waals surface area contributed by atoms with Crippen LogP contribution in [0.2, 0.25) is 0 Å². The number of anilines is 2. The third-order valence-corrected chi connectivity index (χ3v) is 4.26. The maximum Gasteiger partial charge on any atom is 0.0724 e. The Balaban J connectivity index is 1.76. The molecule has 102 valence electrons. The van der Waals surface area contributed by atoms with Crippen molar-refractivity contribution in [1.29, 1.82) is 0 Å². The molecule has 0 atom stereocenters. The summed E-state index contributed by atoms with van der Waals surface area (Å²) in [7, 11) is 0. The number of aromatic nitrogens is 1. The van der Waals surface area contributed by atoms with Gasteiger partial charge in [-0.15, -0.1) is 0 Å². The summed E-state index contributed by atoms with van der Waals surface area (Å²) in [5.41, 5.74) is 10.5. The second-order valence-electron chi connectivity index (χ2n) is 5.50. The van der Waals surface area contributed by atoms with Crippen LogP contribution in [0.4, 0.5) is 11.4 Å². The lowest BCUT2D eigenvalue weighted by atomic mass is 10.1. The molecule has 0 radical (unpaired) electrons. The van der Waals surface area contributed by atoms with Gasteiger partial charge in [0.15, 0.2) is 0 Å². The van der Waals surface area contributed by atoms with Crippen molar-refractivity contribution < 1.29 is 0 Å². The minimum Gasteiger partial charge on any atom is -0.399 e. The Morgan fingerprint density at radius 1 is 1.05 bits per heavy atom. The van der Waals surface area contributed by atoms with Gasteiger partial charge in [-0.25, -0.2) is 0 Å². The van der Waals surface area contributed by atoms with E-state index < -0.39 is 0 Å². The molecule has 0 saturated carbocycles. The molecule has 0 spiro atoms. The molecule has 3 heterocycles. The maximum atomic E-state index is 5.94. The molecule has 1 aromatic carbocycles. The van der Waals surface area contributed by atoms with E-state index in [0.29, 0.717) is 0 Å². The van der Waals surface area contributed by atoms with Crippen LogP contribution in [0.15, 0.2) is 42.2 Å². The van der Waals surface area contributed by atoms with E-state index in [1.165, 1.54) is 24.4 Å². The third-order valence-electron chi connectivity index (χ3n) is 4.26. The molecule has 2 aliphatic rings. The van der Waals surface area contributed by atoms with E-state index in [1.807, 2.05) is 24.4 Å². The monoisotopic (exact) mass is 266 g/mol. The van der Waals surface area contributed by atoms with Crippen LogP contribution in [0.1, 0.15) is 6.42 Å². The second kappa shape index (κ2) is 4.40. The Morgan fingerprint density at radius 2 is 1.95 bits per heavy atom. The maximum absolute atomic E-state index is 5.94. The first-order valence-electron chi connectivity index (χ1n) is 7.14. The molecule has 2 aromatic rings. The summed E-state index contributed by atoms with van der Waals surface area (Å²) < 4.78 is 0. The largest absolute Gasteiger partial charge is 0.399 e. The molecule has 4 rings (SSSR count). The highest BCUT2D eigenvalue weighted by Crippen LogP contribution is 2.30. The van der Waals surface area contributed by atoms with Crippen molar-refractivity contribution in [2.24, 2.45) is 0 Å². The highest BCUT2D eigenvalue weighted by Gasteiger charge is 2.24. The van der Waals surface area contributed by atoms with Gasteiger partial charge in [-0.2, -0.15) is 0 Å². The smallest absolute Gasteiger partial charge is 0.0724 e. The van der Waals surface area contributed by atoms with Crippen molar-refractivity contribution in [3.05, 3.63) is 42.2 Å². The summed E-state index contributed by atoms with van der Waals surface area (Å²) in [5.74, 6) is 0. The number of benzene rings is 1. The molecule has 0 bridgehead atoms. The number of rotatable bonds is 1. The minimum atomic E-state index is 0.797. The summed E-state index contributed by atoms with van der Waals surface area (Å²) in [6, 6.07) is 8.05. The third kappa shape index (κ3) is 1.80. The van der Waals surface area contributed by atoms with Crippen molar-refractivity contribution in [1.82, 2.24) is 9.88 Å². The molecule has 1 aromatic heterocycles. The lowest BCUT2D eigenvalue weighted by Crippen LogP contribution is -2.43. The Morgan fingerprint density at radius 3 is 2.90 bits per heavy atom. The molecule has 2 N–H and O–H groups in total. The second-order valence-corrected chi connectivity index (χ2v) is 5.50. The summed E-state index contributed by atoms with van der Waals surface area (Å²) in [5, 5.41) is 1.15. The van der Waals surface area contributed by atoms with Gasteiger partial charge in [-0.05, 0) is 30.7 Å². The molecule has 0 aliphatic carbocycles. The van der Waals surface area contributed by atoms with Gasteiger partial charge in [-0.1, -0.05) is 6.08 Å². The molecular weight excluding hydrogens is 248 g/mol. The highest BCUT2D eigenvalue weighted by molar-refractivity contribution is 5.93. The topological polar surface area (TPSA) is 45.4 Å². The Hall–Kier alpha value is -2.23. The molecule has 0 unspecified atom stereocenters. The van der Waals surface area contributed by atoms with Crippen molar-refractivity contribution in [2.45, 2.75) is 6.42 Å². The van der Waals surface area contributed by atoms with E-state index >= 15 is 0 Å². The summed E-state index contributed by atoms with van der Waals surface area (Å²) in [6.07, 6.45) is 5.44. The number of piperazine rings is 1. The first kappa shape index (κ1) is 11.6. The molecular formula is C16H18N4. The first-order chi connectivity index (χ1) is 9.81. The number of fused-ring (bicyclic) bond motifs is 2. The van der Waals surface area contributed by atoms with Crippen LogP contribution in [-0.4, -0.2) is 36.1 Å². The van der Waals surface area contributed by atoms with E-state index in [0.717, 1.165) is 36.2 Å². The SMILES string of the molecule is Nc1ccc2nccc(N3CCN4CCC=C4C3)c2c1. The quantitative estimate of drug-likeness (QED) is 0.804. The fourth-order valence-electron chi connectivity index (χ4n) is 3.23. The fraction of sp³-hybridized carbons (Fsp3) is 0.312. The molecule has 4 heteroatoms. The van der Waals surface area contributed by atoms with Gasteiger partial charge in [0, 0.05) is 48.3 Å². The van der Waals surface area contributed by atoms with Gasteiger partial charge in [-0.3, -0.25) is 4.98 Å². The molecule has 4 nitrogen and oxygen atoms in total. The highest BCUT2D eigenvalue weighted by atomic mass is 15.3. The zero-order valence-electron chi connectivity index (χ0n) is 11.4. The minimum absolute atomic E-state index is 0.797. The van der Waals surface area contributed by atoms with Gasteiger partial charge in [0.1, 0.15) is 0 Å². The van der Waals surface area contributed by atoms with Crippen LogP contribution < -0.4 is 10.6 Å². The van der Waals surface area contributed by atoms with Gasteiger partial charge >= 0.3 is 0 Å². The van der Waals surface area contributed by atoms with Crippen LogP contribution >= 0.6 is 0 Å². The number of nitrogens with two attached hydrogens (primary N) is 1. The van der Waals surface area contributed by atoms with Crippen LogP contribution in [0, 0.1) is 0 Å². The van der Waals surface area contributed by atoms with Gasteiger partial charge in [0.25, 0.3) is 0 Å². The Kier molecular flexibility index (Phi) is 2.55. The standard InChI is InChI=1S/C16H18N4/c17-12-3-4-15-14(10-12)16(5-6-18-15)20-9-8-19-7-1-2-13(19)11-20/h2-6,10H,1,7-9,11,17H2. The normalized spacial score (nSPS) is 18.3. The fourth-order valence-corrected chi connectivity index (χ4v) is 3.23. The zero-order valence-corrected chi connectivity index (χ0v) is 11.4. The van der Waals surface area contributed by atoms with E-state index in [-0.39, 0.29) is 0 Å². The van der Waals surface area contributed by atoms with E-state index in [1.54, 1.807) is 0 Å². The number of hydrogen-bond acceptors (Lipinski definition) is 4. The van der Waals surface area contributed by atoms with Crippen LogP contribution in [0.3, 0.4) is 0 Å². The van der Waals surface area contributed by atoms with E-state index in [2.05, 4.69) is 26.9 Å². The molecule has 0 amide bonds. The number of pyridine rings is 1. The lowest BCUT2D eigenvalue weighted by molar-refractivity contribution is 0.348. The molecule has 20 heavy (non-hydrogen) atoms. The van der Waals surface area contributed by atoms with Crippen molar-refractivity contribution in [3.63, 3.8) is 0 Å². The number of hydrogen-bond donors (Lipinski definition) is 1. The van der Waals surface area contributed by atoms with Gasteiger partial charge in [0.05, 0.1) is 12.1 Å². The molecule has 1 saturated heterocycles. The van der Waals surface area contributed by atoms with Crippen LogP contribution in [0.5, 0.6) is 0 Å². The number of nitrogens with zero attached hydrogens (tertiary/aromatic N) is 3. The predicted octanol–water partition coefficient (Wildman–Crippen LogP) is 2.23. The predicted molar refractivity (Wildman–Crippen MR) is 82.6 cm³/mol. The summed E-state index contributed by atoms with van der Waals surface area (Å²) in [6.45, 7) is 4.35. The number of nitrogen functional groups attached to an aromatic ring is 1. The van der Waals surface area contributed by atoms with E-state index in [4.69, 9.17) is 5.73 Å². The summed E-state index contributed by atoms with van der Waals surface area (Å²) >= 11 is 0.